The number of carbonyl (C=O) groups excluding carboxylic acids is 4. The van der Waals surface area contributed by atoms with Crippen LogP contribution in [0.3, 0.4) is 0 Å². The van der Waals surface area contributed by atoms with Crippen LogP contribution in [0.15, 0.2) is 21.5 Å². The van der Waals surface area contributed by atoms with E-state index < -0.39 is 35.8 Å². The molecule has 0 radical (unpaired) electrons. The average Bonchev–Trinajstić information content (AvgIpc) is 2.64. The van der Waals surface area contributed by atoms with E-state index in [0.717, 1.165) is 7.11 Å². The van der Waals surface area contributed by atoms with Crippen LogP contribution < -0.4 is 0 Å². The second-order valence-electron chi connectivity index (χ2n) is 5.16. The van der Waals surface area contributed by atoms with Crippen LogP contribution in [0.2, 0.25) is 0 Å². The molecule has 0 N–H and O–H groups in total. The van der Waals surface area contributed by atoms with Gasteiger partial charge in [-0.2, -0.15) is 5.11 Å². The van der Waals surface area contributed by atoms with Gasteiger partial charge in [0.2, 0.25) is 0 Å². The van der Waals surface area contributed by atoms with Crippen LogP contribution >= 0.6 is 0 Å². The van der Waals surface area contributed by atoms with Crippen molar-refractivity contribution in [1.29, 1.82) is 0 Å². The summed E-state index contributed by atoms with van der Waals surface area (Å²) in [7, 11) is 2.35. The fourth-order valence-electron chi connectivity index (χ4n) is 2.29. The molecule has 10 heteroatoms. The maximum absolute atomic E-state index is 12.1. The van der Waals surface area contributed by atoms with Crippen molar-refractivity contribution in [2.75, 3.05) is 27.4 Å². The first kappa shape index (κ1) is 21.3. The fraction of sp³-hybridized carbons (Fsp3) is 0.625. The van der Waals surface area contributed by atoms with E-state index in [4.69, 9.17) is 9.47 Å². The first-order chi connectivity index (χ1) is 12.4. The SMILES string of the molecule is CCOC(=O)C(CC1=C(C(=O)OC)N=NC(C(=O)OC)C1)C(=O)OCC. The Hall–Kier alpha value is -2.78. The summed E-state index contributed by atoms with van der Waals surface area (Å²) in [6.07, 6.45) is -0.259. The minimum absolute atomic E-state index is 0.0457. The van der Waals surface area contributed by atoms with E-state index >= 15 is 0 Å². The van der Waals surface area contributed by atoms with Gasteiger partial charge in [0.05, 0.1) is 27.4 Å². The smallest absolute Gasteiger partial charge is 0.358 e. The zero-order valence-electron chi connectivity index (χ0n) is 15.1. The Labute approximate surface area is 150 Å². The maximum Gasteiger partial charge on any atom is 0.358 e. The number of hydrogen-bond donors (Lipinski definition) is 0. The third-order valence-electron chi connectivity index (χ3n) is 3.52. The summed E-state index contributed by atoms with van der Waals surface area (Å²) in [6.45, 7) is 3.34. The number of hydrogen-bond acceptors (Lipinski definition) is 10. The van der Waals surface area contributed by atoms with Crippen molar-refractivity contribution >= 4 is 23.9 Å². The highest BCUT2D eigenvalue weighted by atomic mass is 16.6. The van der Waals surface area contributed by atoms with Crippen molar-refractivity contribution in [2.24, 2.45) is 16.1 Å². The Morgan fingerprint density at radius 1 is 1.04 bits per heavy atom. The maximum atomic E-state index is 12.1. The Bertz CT molecular complexity index is 608. The molecule has 0 fully saturated rings. The quantitative estimate of drug-likeness (QED) is 0.350. The molecule has 0 aromatic rings. The van der Waals surface area contributed by atoms with Crippen LogP contribution in [0.4, 0.5) is 0 Å². The molecule has 0 saturated heterocycles. The molecule has 10 nitrogen and oxygen atoms in total. The van der Waals surface area contributed by atoms with Crippen molar-refractivity contribution in [1.82, 2.24) is 0 Å². The first-order valence-electron chi connectivity index (χ1n) is 8.01. The lowest BCUT2D eigenvalue weighted by atomic mass is 9.92. The summed E-state index contributed by atoms with van der Waals surface area (Å²) in [4.78, 5) is 47.9. The molecule has 1 atom stereocenters. The third kappa shape index (κ3) is 5.36. The van der Waals surface area contributed by atoms with Crippen molar-refractivity contribution < 1.29 is 38.1 Å². The Morgan fingerprint density at radius 3 is 2.08 bits per heavy atom. The van der Waals surface area contributed by atoms with E-state index in [2.05, 4.69) is 19.7 Å². The third-order valence-corrected chi connectivity index (χ3v) is 3.52. The summed E-state index contributed by atoms with van der Waals surface area (Å²) >= 11 is 0. The highest BCUT2D eigenvalue weighted by molar-refractivity contribution is 5.96. The van der Waals surface area contributed by atoms with Crippen molar-refractivity contribution in [3.8, 4) is 0 Å². The number of ether oxygens (including phenoxy) is 4. The van der Waals surface area contributed by atoms with Crippen molar-refractivity contribution in [2.45, 2.75) is 32.7 Å². The standard InChI is InChI=1S/C16H22N2O8/c1-5-25-13(19)10(14(20)26-6-2)7-9-8-11(15(21)23-3)17-18-12(9)16(22)24-4/h10-11H,5-8H2,1-4H3. The van der Waals surface area contributed by atoms with Crippen LogP contribution in [0.5, 0.6) is 0 Å². The van der Waals surface area contributed by atoms with Gasteiger partial charge in [0.25, 0.3) is 0 Å². The minimum atomic E-state index is -1.30. The molecule has 1 unspecified atom stereocenters. The number of carbonyl (C=O) groups is 4. The van der Waals surface area contributed by atoms with Crippen LogP contribution in [0.1, 0.15) is 26.7 Å². The van der Waals surface area contributed by atoms with Gasteiger partial charge in [-0.05, 0) is 25.8 Å². The molecule has 0 aromatic heterocycles. The molecular weight excluding hydrogens is 348 g/mol. The number of azo groups is 1. The number of nitrogens with zero attached hydrogens (tertiary/aromatic N) is 2. The van der Waals surface area contributed by atoms with Crippen LogP contribution in [0, 0.1) is 5.92 Å². The molecule has 0 spiro atoms. The number of rotatable bonds is 8. The normalized spacial score (nSPS) is 16.3. The molecule has 1 aliphatic rings. The van der Waals surface area contributed by atoms with E-state index in [0.29, 0.717) is 0 Å². The molecular formula is C16H22N2O8. The largest absolute Gasteiger partial charge is 0.467 e. The summed E-state index contributed by atoms with van der Waals surface area (Å²) in [5, 5.41) is 7.45. The highest BCUT2D eigenvalue weighted by Gasteiger charge is 2.36. The number of esters is 4. The molecule has 0 amide bonds. The molecule has 1 aliphatic heterocycles. The van der Waals surface area contributed by atoms with Gasteiger partial charge in [0.1, 0.15) is 0 Å². The summed E-state index contributed by atoms with van der Waals surface area (Å²) in [5.74, 6) is -4.33. The predicted octanol–water partition coefficient (Wildman–Crippen LogP) is 0.943. The van der Waals surface area contributed by atoms with Crippen molar-refractivity contribution in [3.05, 3.63) is 11.3 Å². The minimum Gasteiger partial charge on any atom is -0.467 e. The van der Waals surface area contributed by atoms with E-state index in [1.54, 1.807) is 13.8 Å². The molecule has 1 rings (SSSR count). The van der Waals surface area contributed by atoms with E-state index in [9.17, 15) is 19.2 Å². The van der Waals surface area contributed by atoms with Gasteiger partial charge < -0.3 is 18.9 Å². The molecule has 0 aromatic carbocycles. The monoisotopic (exact) mass is 370 g/mol. The molecule has 0 bridgehead atoms. The summed E-state index contributed by atoms with van der Waals surface area (Å²) in [5.41, 5.74) is 0.0969. The summed E-state index contributed by atoms with van der Waals surface area (Å²) < 4.78 is 19.1. The molecule has 0 aliphatic carbocycles. The van der Waals surface area contributed by atoms with Crippen LogP contribution in [-0.4, -0.2) is 57.4 Å². The van der Waals surface area contributed by atoms with Gasteiger partial charge in [-0.3, -0.25) is 9.59 Å². The molecule has 26 heavy (non-hydrogen) atoms. The first-order valence-corrected chi connectivity index (χ1v) is 8.01. The predicted molar refractivity (Wildman–Crippen MR) is 85.7 cm³/mol. The molecule has 1 heterocycles. The Kier molecular flexibility index (Phi) is 8.40. The van der Waals surface area contributed by atoms with Crippen LogP contribution in [0.25, 0.3) is 0 Å². The second kappa shape index (κ2) is 10.3. The average molecular weight is 370 g/mol. The van der Waals surface area contributed by atoms with Gasteiger partial charge >= 0.3 is 23.9 Å². The zero-order valence-corrected chi connectivity index (χ0v) is 15.1. The molecule has 0 saturated carbocycles. The lowest BCUT2D eigenvalue weighted by Crippen LogP contribution is -2.31. The van der Waals surface area contributed by atoms with E-state index in [1.807, 2.05) is 0 Å². The zero-order chi connectivity index (χ0) is 19.7. The van der Waals surface area contributed by atoms with E-state index in [-0.39, 0.29) is 37.3 Å². The van der Waals surface area contributed by atoms with Gasteiger partial charge in [-0.15, -0.1) is 5.11 Å². The Balaban J connectivity index is 3.18. The van der Waals surface area contributed by atoms with Crippen LogP contribution in [-0.2, 0) is 38.1 Å². The van der Waals surface area contributed by atoms with Gasteiger partial charge in [0, 0.05) is 6.42 Å². The fourth-order valence-corrected chi connectivity index (χ4v) is 2.29. The highest BCUT2D eigenvalue weighted by Crippen LogP contribution is 2.29. The topological polar surface area (TPSA) is 130 Å². The van der Waals surface area contributed by atoms with Gasteiger partial charge in [0.15, 0.2) is 17.7 Å². The second-order valence-corrected chi connectivity index (χ2v) is 5.16. The lowest BCUT2D eigenvalue weighted by Gasteiger charge is -2.21. The molecule has 144 valence electrons. The number of methoxy groups -OCH3 is 2. The van der Waals surface area contributed by atoms with E-state index in [1.165, 1.54) is 7.11 Å². The van der Waals surface area contributed by atoms with Crippen molar-refractivity contribution in [3.63, 3.8) is 0 Å². The van der Waals surface area contributed by atoms with Gasteiger partial charge in [-0.25, -0.2) is 9.59 Å². The summed E-state index contributed by atoms with van der Waals surface area (Å²) in [6, 6.07) is -0.978. The van der Waals surface area contributed by atoms with Gasteiger partial charge in [-0.1, -0.05) is 0 Å². The Morgan fingerprint density at radius 2 is 1.62 bits per heavy atom. The lowest BCUT2D eigenvalue weighted by molar-refractivity contribution is -0.161.